The smallest absolute Gasteiger partial charge is 0.127 e. The molecule has 100 valence electrons. The molecule has 1 fully saturated rings. The third-order valence-electron chi connectivity index (χ3n) is 3.54. The zero-order valence-electron chi connectivity index (χ0n) is 10.8. The Morgan fingerprint density at radius 1 is 1.50 bits per heavy atom. The predicted octanol–water partition coefficient (Wildman–Crippen LogP) is 3.16. The van der Waals surface area contributed by atoms with Crippen molar-refractivity contribution in [1.82, 2.24) is 10.2 Å². The van der Waals surface area contributed by atoms with Gasteiger partial charge in [0.2, 0.25) is 0 Å². The summed E-state index contributed by atoms with van der Waals surface area (Å²) in [7, 11) is 0. The van der Waals surface area contributed by atoms with Gasteiger partial charge in [-0.3, -0.25) is 0 Å². The Kier molecular flexibility index (Phi) is 5.15. The second-order valence-corrected chi connectivity index (χ2v) is 5.76. The number of nitrogens with zero attached hydrogens (tertiary/aromatic N) is 1. The van der Waals surface area contributed by atoms with Crippen molar-refractivity contribution in [2.75, 3.05) is 19.6 Å². The van der Waals surface area contributed by atoms with Crippen molar-refractivity contribution in [1.29, 1.82) is 0 Å². The van der Waals surface area contributed by atoms with E-state index in [2.05, 4.69) is 33.1 Å². The number of likely N-dealkylation sites (N-methyl/N-ethyl adjacent to an activating group) is 1. The normalized spacial score (nSPS) is 21.2. The van der Waals surface area contributed by atoms with E-state index in [0.29, 0.717) is 12.6 Å². The molecule has 0 aliphatic carbocycles. The first-order valence-corrected chi connectivity index (χ1v) is 7.38. The zero-order chi connectivity index (χ0) is 13.0. The van der Waals surface area contributed by atoms with Gasteiger partial charge in [-0.15, -0.1) is 0 Å². The molecule has 1 aliphatic rings. The molecule has 2 nitrogen and oxygen atoms in total. The number of piperidine rings is 1. The van der Waals surface area contributed by atoms with Crippen molar-refractivity contribution in [2.24, 2.45) is 0 Å². The van der Waals surface area contributed by atoms with Gasteiger partial charge in [0.25, 0.3) is 0 Å². The number of hydrogen-bond donors (Lipinski definition) is 1. The SMILES string of the molecule is CCN1CCCC(NCc2cc(Br)ccc2F)C1. The highest BCUT2D eigenvalue weighted by Gasteiger charge is 2.18. The summed E-state index contributed by atoms with van der Waals surface area (Å²) < 4.78 is 14.5. The molecule has 1 N–H and O–H groups in total. The summed E-state index contributed by atoms with van der Waals surface area (Å²) in [4.78, 5) is 2.44. The van der Waals surface area contributed by atoms with Gasteiger partial charge in [-0.1, -0.05) is 22.9 Å². The van der Waals surface area contributed by atoms with Crippen LogP contribution in [-0.4, -0.2) is 30.6 Å². The fraction of sp³-hybridized carbons (Fsp3) is 0.571. The van der Waals surface area contributed by atoms with Gasteiger partial charge < -0.3 is 10.2 Å². The Hall–Kier alpha value is -0.450. The van der Waals surface area contributed by atoms with E-state index in [-0.39, 0.29) is 5.82 Å². The van der Waals surface area contributed by atoms with Crippen LogP contribution < -0.4 is 5.32 Å². The van der Waals surface area contributed by atoms with Crippen LogP contribution in [0.3, 0.4) is 0 Å². The van der Waals surface area contributed by atoms with Crippen molar-refractivity contribution in [2.45, 2.75) is 32.4 Å². The fourth-order valence-corrected chi connectivity index (χ4v) is 2.85. The van der Waals surface area contributed by atoms with E-state index in [9.17, 15) is 4.39 Å². The van der Waals surface area contributed by atoms with Gasteiger partial charge in [-0.2, -0.15) is 0 Å². The summed E-state index contributed by atoms with van der Waals surface area (Å²) >= 11 is 3.38. The number of benzene rings is 1. The third-order valence-corrected chi connectivity index (χ3v) is 4.03. The van der Waals surface area contributed by atoms with Crippen LogP contribution in [0.15, 0.2) is 22.7 Å². The lowest BCUT2D eigenvalue weighted by molar-refractivity contribution is 0.198. The molecule has 0 bridgehead atoms. The predicted molar refractivity (Wildman–Crippen MR) is 76.1 cm³/mol. The van der Waals surface area contributed by atoms with E-state index in [1.54, 1.807) is 6.07 Å². The number of halogens is 2. The summed E-state index contributed by atoms with van der Waals surface area (Å²) in [6.07, 6.45) is 2.42. The molecule has 18 heavy (non-hydrogen) atoms. The molecular formula is C14H20BrFN2. The van der Waals surface area contributed by atoms with Gasteiger partial charge in [0.1, 0.15) is 5.82 Å². The van der Waals surface area contributed by atoms with E-state index in [0.717, 1.165) is 23.1 Å². The van der Waals surface area contributed by atoms with E-state index >= 15 is 0 Å². The van der Waals surface area contributed by atoms with Crippen molar-refractivity contribution in [3.8, 4) is 0 Å². The lowest BCUT2D eigenvalue weighted by atomic mass is 10.1. The van der Waals surface area contributed by atoms with Crippen molar-refractivity contribution >= 4 is 15.9 Å². The number of likely N-dealkylation sites (tertiary alicyclic amines) is 1. The van der Waals surface area contributed by atoms with Crippen LogP contribution in [0.5, 0.6) is 0 Å². The van der Waals surface area contributed by atoms with E-state index in [1.165, 1.54) is 25.5 Å². The van der Waals surface area contributed by atoms with Crippen LogP contribution in [0.4, 0.5) is 4.39 Å². The monoisotopic (exact) mass is 314 g/mol. The maximum atomic E-state index is 13.6. The molecule has 0 aromatic heterocycles. The molecule has 1 aliphatic heterocycles. The topological polar surface area (TPSA) is 15.3 Å². The maximum Gasteiger partial charge on any atom is 0.127 e. The Morgan fingerprint density at radius 3 is 3.11 bits per heavy atom. The van der Waals surface area contributed by atoms with Crippen LogP contribution >= 0.6 is 15.9 Å². The third kappa shape index (κ3) is 3.77. The highest BCUT2D eigenvalue weighted by molar-refractivity contribution is 9.10. The minimum atomic E-state index is -0.131. The molecule has 1 heterocycles. The summed E-state index contributed by atoms with van der Waals surface area (Å²) in [5.74, 6) is -0.131. The average Bonchev–Trinajstić information content (AvgIpc) is 2.40. The minimum Gasteiger partial charge on any atom is -0.309 e. The molecule has 2 rings (SSSR count). The summed E-state index contributed by atoms with van der Waals surface area (Å²) in [6, 6.07) is 5.58. The van der Waals surface area contributed by atoms with Crippen molar-refractivity contribution < 1.29 is 4.39 Å². The fourth-order valence-electron chi connectivity index (χ4n) is 2.44. The van der Waals surface area contributed by atoms with Crippen LogP contribution in [0, 0.1) is 5.82 Å². The van der Waals surface area contributed by atoms with Gasteiger partial charge in [0.05, 0.1) is 0 Å². The number of nitrogens with one attached hydrogen (secondary N) is 1. The highest BCUT2D eigenvalue weighted by atomic mass is 79.9. The van der Waals surface area contributed by atoms with E-state index < -0.39 is 0 Å². The molecule has 0 radical (unpaired) electrons. The molecule has 1 saturated heterocycles. The first-order valence-electron chi connectivity index (χ1n) is 6.58. The Labute approximate surface area is 117 Å². The van der Waals surface area contributed by atoms with Crippen LogP contribution in [0.2, 0.25) is 0 Å². The first-order chi connectivity index (χ1) is 8.69. The second kappa shape index (κ2) is 6.64. The van der Waals surface area contributed by atoms with Gasteiger partial charge in [-0.05, 0) is 44.1 Å². The molecule has 0 spiro atoms. The Balaban J connectivity index is 1.89. The highest BCUT2D eigenvalue weighted by Crippen LogP contribution is 2.16. The molecule has 1 aromatic carbocycles. The van der Waals surface area contributed by atoms with Gasteiger partial charge in [0, 0.05) is 29.2 Å². The molecule has 1 unspecified atom stereocenters. The summed E-state index contributed by atoms with van der Waals surface area (Å²) in [6.45, 7) is 6.17. The van der Waals surface area contributed by atoms with Gasteiger partial charge >= 0.3 is 0 Å². The Bertz CT molecular complexity index is 397. The Morgan fingerprint density at radius 2 is 2.33 bits per heavy atom. The van der Waals surface area contributed by atoms with Crippen molar-refractivity contribution in [3.05, 3.63) is 34.1 Å². The van der Waals surface area contributed by atoms with Crippen molar-refractivity contribution in [3.63, 3.8) is 0 Å². The standard InChI is InChI=1S/C14H20BrFN2/c1-2-18-7-3-4-13(10-18)17-9-11-8-12(15)5-6-14(11)16/h5-6,8,13,17H,2-4,7,9-10H2,1H3. The van der Waals surface area contributed by atoms with Crippen LogP contribution in [0.25, 0.3) is 0 Å². The number of hydrogen-bond acceptors (Lipinski definition) is 2. The van der Waals surface area contributed by atoms with Crippen LogP contribution in [0.1, 0.15) is 25.3 Å². The minimum absolute atomic E-state index is 0.131. The largest absolute Gasteiger partial charge is 0.309 e. The maximum absolute atomic E-state index is 13.6. The van der Waals surface area contributed by atoms with Gasteiger partial charge in [0.15, 0.2) is 0 Å². The zero-order valence-corrected chi connectivity index (χ0v) is 12.3. The molecule has 1 atom stereocenters. The molecule has 4 heteroatoms. The number of rotatable bonds is 4. The summed E-state index contributed by atoms with van der Waals surface area (Å²) in [5, 5.41) is 3.47. The molecule has 0 saturated carbocycles. The average molecular weight is 315 g/mol. The van der Waals surface area contributed by atoms with Crippen LogP contribution in [-0.2, 0) is 6.54 Å². The molecule has 1 aromatic rings. The first kappa shape index (κ1) is 14.0. The quantitative estimate of drug-likeness (QED) is 0.918. The lowest BCUT2D eigenvalue weighted by Crippen LogP contribution is -2.45. The van der Waals surface area contributed by atoms with E-state index in [4.69, 9.17) is 0 Å². The van der Waals surface area contributed by atoms with E-state index in [1.807, 2.05) is 6.07 Å². The molecular weight excluding hydrogens is 295 g/mol. The lowest BCUT2D eigenvalue weighted by Gasteiger charge is -2.32. The summed E-state index contributed by atoms with van der Waals surface area (Å²) in [5.41, 5.74) is 0.734. The molecule has 0 amide bonds. The van der Waals surface area contributed by atoms with Gasteiger partial charge in [-0.25, -0.2) is 4.39 Å². The second-order valence-electron chi connectivity index (χ2n) is 4.85.